The molecule has 0 saturated carbocycles. The number of hydrogen-bond donors (Lipinski definition) is 0. The van der Waals surface area contributed by atoms with Crippen LogP contribution in [0.4, 0.5) is 19.3 Å². The van der Waals surface area contributed by atoms with Crippen molar-refractivity contribution >= 4 is 36.7 Å². The van der Waals surface area contributed by atoms with Crippen LogP contribution in [0.5, 0.6) is 5.75 Å². The normalized spacial score (nSPS) is 11.4. The lowest BCUT2D eigenvalue weighted by molar-refractivity contribution is 0.0577. The first-order chi connectivity index (χ1) is 13.0. The summed E-state index contributed by atoms with van der Waals surface area (Å²) < 4.78 is 37.1. The molecule has 2 aromatic carbocycles. The Hall–Kier alpha value is -2.28. The highest BCUT2D eigenvalue weighted by atomic mass is 35.5. The Bertz CT molecular complexity index is 839. The van der Waals surface area contributed by atoms with Crippen molar-refractivity contribution in [2.24, 2.45) is 0 Å². The second-order valence-electron chi connectivity index (χ2n) is 7.16. The van der Waals surface area contributed by atoms with E-state index in [0.29, 0.717) is 5.75 Å². The average molecular weight is 408 g/mol. The minimum atomic E-state index is -2.76. The maximum Gasteiger partial charge on any atom is 0.415 e. The maximum absolute atomic E-state index is 13.3. The minimum Gasteiger partial charge on any atom is -0.497 e. The molecule has 0 atom stereocenters. The maximum atomic E-state index is 13.3. The van der Waals surface area contributed by atoms with Crippen LogP contribution in [-0.4, -0.2) is 26.7 Å². The Balaban J connectivity index is 2.50. The number of hydrogen-bond acceptors (Lipinski definition) is 3. The molecule has 28 heavy (non-hydrogen) atoms. The van der Waals surface area contributed by atoms with Crippen molar-refractivity contribution in [3.05, 3.63) is 52.5 Å². The zero-order chi connectivity index (χ0) is 21.1. The number of carbonyl (C=O) groups excluding carboxylic acids is 1. The summed E-state index contributed by atoms with van der Waals surface area (Å²) in [6, 6.07) is 9.21. The Labute approximate surface area is 169 Å². The van der Waals surface area contributed by atoms with Crippen molar-refractivity contribution < 1.29 is 23.0 Å². The van der Waals surface area contributed by atoms with Crippen LogP contribution in [0.2, 0.25) is 5.02 Å². The van der Waals surface area contributed by atoms with Gasteiger partial charge in [0.1, 0.15) is 19.2 Å². The van der Waals surface area contributed by atoms with Crippen LogP contribution in [0.15, 0.2) is 36.4 Å². The quantitative estimate of drug-likeness (QED) is 0.653. The van der Waals surface area contributed by atoms with Crippen molar-refractivity contribution in [1.29, 1.82) is 0 Å². The van der Waals surface area contributed by atoms with Gasteiger partial charge in [-0.1, -0.05) is 35.3 Å². The first-order valence-electron chi connectivity index (χ1n) is 8.52. The number of benzene rings is 2. The Morgan fingerprint density at radius 2 is 1.82 bits per heavy atom. The van der Waals surface area contributed by atoms with Crippen LogP contribution in [0, 0.1) is 0 Å². The van der Waals surface area contributed by atoms with Crippen LogP contribution in [0.25, 0.3) is 0 Å². The van der Waals surface area contributed by atoms with E-state index >= 15 is 0 Å². The van der Waals surface area contributed by atoms with E-state index in [1.165, 1.54) is 4.90 Å². The van der Waals surface area contributed by atoms with Crippen molar-refractivity contribution in [3.63, 3.8) is 0 Å². The number of anilines is 1. The molecule has 1 amide bonds. The number of rotatable bonds is 5. The number of ether oxygens (including phenoxy) is 2. The van der Waals surface area contributed by atoms with Gasteiger partial charge in [0.25, 0.3) is 6.43 Å². The third-order valence-electron chi connectivity index (χ3n) is 3.76. The van der Waals surface area contributed by atoms with Crippen LogP contribution < -0.4 is 15.1 Å². The first kappa shape index (κ1) is 22.0. The molecular weight excluding hydrogens is 386 g/mol. The number of methoxy groups -OCH3 is 1. The molecule has 0 unspecified atom stereocenters. The fourth-order valence-corrected chi connectivity index (χ4v) is 2.67. The molecular formula is C20H21BClF2NO3. The van der Waals surface area contributed by atoms with Gasteiger partial charge < -0.3 is 9.47 Å². The van der Waals surface area contributed by atoms with Gasteiger partial charge in [-0.2, -0.15) is 0 Å². The number of carbonyl (C=O) groups is 1. The smallest absolute Gasteiger partial charge is 0.415 e. The highest BCUT2D eigenvalue weighted by Crippen LogP contribution is 2.32. The van der Waals surface area contributed by atoms with Gasteiger partial charge in [0, 0.05) is 5.56 Å². The fraction of sp³-hybridized carbons (Fsp3) is 0.350. The minimum absolute atomic E-state index is 0.00349. The number of nitrogens with zero attached hydrogens (tertiary/aromatic N) is 1. The average Bonchev–Trinajstić information content (AvgIpc) is 2.61. The predicted molar refractivity (Wildman–Crippen MR) is 107 cm³/mol. The first-order valence-corrected chi connectivity index (χ1v) is 8.90. The Morgan fingerprint density at radius 1 is 1.21 bits per heavy atom. The predicted octanol–water partition coefficient (Wildman–Crippen LogP) is 5.02. The van der Waals surface area contributed by atoms with Crippen LogP contribution >= 0.6 is 11.6 Å². The van der Waals surface area contributed by atoms with Gasteiger partial charge in [-0.05, 0) is 44.5 Å². The van der Waals surface area contributed by atoms with E-state index in [0.717, 1.165) is 17.7 Å². The molecule has 0 saturated heterocycles. The summed E-state index contributed by atoms with van der Waals surface area (Å²) in [5.74, 6) is 0.648. The molecule has 0 N–H and O–H groups in total. The monoisotopic (exact) mass is 407 g/mol. The van der Waals surface area contributed by atoms with Crippen molar-refractivity contribution in [1.82, 2.24) is 0 Å². The fourth-order valence-electron chi connectivity index (χ4n) is 2.45. The van der Waals surface area contributed by atoms with Crippen molar-refractivity contribution in [2.45, 2.75) is 39.3 Å². The third-order valence-corrected chi connectivity index (χ3v) is 4.17. The molecule has 2 aromatic rings. The topological polar surface area (TPSA) is 38.8 Å². The van der Waals surface area contributed by atoms with E-state index in [4.69, 9.17) is 28.9 Å². The van der Waals surface area contributed by atoms with E-state index in [9.17, 15) is 13.6 Å². The SMILES string of the molecule is [B]c1cc(C(F)F)cc(N(Cc2ccc(OC)cc2)C(=O)OC(C)(C)C)c1Cl. The second-order valence-corrected chi connectivity index (χ2v) is 7.54. The molecule has 0 spiro atoms. The lowest BCUT2D eigenvalue weighted by Gasteiger charge is -2.29. The van der Waals surface area contributed by atoms with Crippen LogP contribution in [0.3, 0.4) is 0 Å². The van der Waals surface area contributed by atoms with Gasteiger partial charge in [0.2, 0.25) is 0 Å². The number of alkyl halides is 2. The molecule has 2 rings (SSSR count). The van der Waals surface area contributed by atoms with Crippen molar-refractivity contribution in [3.8, 4) is 5.75 Å². The molecule has 2 radical (unpaired) electrons. The summed E-state index contributed by atoms with van der Waals surface area (Å²) in [6.07, 6.45) is -3.49. The highest BCUT2D eigenvalue weighted by molar-refractivity contribution is 6.47. The van der Waals surface area contributed by atoms with Crippen LogP contribution in [-0.2, 0) is 11.3 Å². The van der Waals surface area contributed by atoms with E-state index in [-0.39, 0.29) is 28.3 Å². The summed E-state index contributed by atoms with van der Waals surface area (Å²) in [7, 11) is 7.34. The molecule has 0 bridgehead atoms. The highest BCUT2D eigenvalue weighted by Gasteiger charge is 2.27. The molecule has 0 aliphatic carbocycles. The molecule has 148 valence electrons. The van der Waals surface area contributed by atoms with Crippen molar-refractivity contribution in [2.75, 3.05) is 12.0 Å². The van der Waals surface area contributed by atoms with E-state index in [1.807, 2.05) is 0 Å². The van der Waals surface area contributed by atoms with Gasteiger partial charge in [-0.15, -0.1) is 0 Å². The molecule has 0 heterocycles. The molecule has 0 aromatic heterocycles. The molecule has 0 aliphatic heterocycles. The Kier molecular flexibility index (Phi) is 6.94. The zero-order valence-electron chi connectivity index (χ0n) is 16.1. The summed E-state index contributed by atoms with van der Waals surface area (Å²) in [4.78, 5) is 14.0. The van der Waals surface area contributed by atoms with Gasteiger partial charge in [0.05, 0.1) is 24.4 Å². The molecule has 0 aliphatic rings. The summed E-state index contributed by atoms with van der Waals surface area (Å²) in [6.45, 7) is 5.18. The van der Waals surface area contributed by atoms with E-state index in [2.05, 4.69) is 0 Å². The van der Waals surface area contributed by atoms with E-state index in [1.54, 1.807) is 52.1 Å². The lowest BCUT2D eigenvalue weighted by Crippen LogP contribution is -2.37. The lowest BCUT2D eigenvalue weighted by atomic mass is 9.93. The number of amides is 1. The van der Waals surface area contributed by atoms with Gasteiger partial charge in [-0.3, -0.25) is 4.90 Å². The summed E-state index contributed by atoms with van der Waals surface area (Å²) in [5.41, 5.74) is -0.378. The zero-order valence-corrected chi connectivity index (χ0v) is 16.9. The van der Waals surface area contributed by atoms with Gasteiger partial charge in [-0.25, -0.2) is 13.6 Å². The third kappa shape index (κ3) is 5.61. The largest absolute Gasteiger partial charge is 0.497 e. The van der Waals surface area contributed by atoms with E-state index < -0.39 is 18.1 Å². The molecule has 0 fully saturated rings. The summed E-state index contributed by atoms with van der Waals surface area (Å²) in [5, 5.41) is 0.00349. The molecule has 4 nitrogen and oxygen atoms in total. The molecule has 8 heteroatoms. The second kappa shape index (κ2) is 8.82. The van der Waals surface area contributed by atoms with Gasteiger partial charge in [0.15, 0.2) is 0 Å². The van der Waals surface area contributed by atoms with Gasteiger partial charge >= 0.3 is 6.09 Å². The number of halogens is 3. The Morgan fingerprint density at radius 3 is 2.32 bits per heavy atom. The van der Waals surface area contributed by atoms with Crippen LogP contribution in [0.1, 0.15) is 38.3 Å². The summed E-state index contributed by atoms with van der Waals surface area (Å²) >= 11 is 6.25. The standard InChI is InChI=1S/C20H21BClF2NO3/c1-20(2,3)28-19(26)25(11-12-5-7-14(27-4)8-6-12)16-10-13(18(23)24)9-15(21)17(16)22/h5-10,18H,11H2,1-4H3.